The molecule has 0 aliphatic heterocycles. The lowest BCUT2D eigenvalue weighted by molar-refractivity contribution is 0.246. The summed E-state index contributed by atoms with van der Waals surface area (Å²) >= 11 is 1.75. The van der Waals surface area contributed by atoms with E-state index in [9.17, 15) is 9.60 Å². The van der Waals surface area contributed by atoms with E-state index in [-0.39, 0.29) is 23.3 Å². The quantitative estimate of drug-likeness (QED) is 0.369. The highest BCUT2D eigenvalue weighted by atomic mass is 32.2. The molecule has 0 bridgehead atoms. The number of thioether (sulfide) groups is 1. The van der Waals surface area contributed by atoms with Crippen LogP contribution in [0.25, 0.3) is 11.1 Å². The fourth-order valence-corrected chi connectivity index (χ4v) is 3.72. The van der Waals surface area contributed by atoms with Gasteiger partial charge in [0.05, 0.1) is 25.9 Å². The maximum Gasteiger partial charge on any atom is 0.176 e. The Balaban J connectivity index is 0.00000131. The summed E-state index contributed by atoms with van der Waals surface area (Å²) < 4.78 is 25.3. The Labute approximate surface area is 222 Å². The molecule has 0 atom stereocenters. The summed E-state index contributed by atoms with van der Waals surface area (Å²) in [4.78, 5) is 4.49. The predicted octanol–water partition coefficient (Wildman–Crippen LogP) is 4.99. The van der Waals surface area contributed by atoms with Crippen molar-refractivity contribution in [3.8, 4) is 22.6 Å². The minimum atomic E-state index is -0.306. The van der Waals surface area contributed by atoms with Gasteiger partial charge in [0.15, 0.2) is 17.3 Å². The van der Waals surface area contributed by atoms with Crippen LogP contribution in [0.1, 0.15) is 31.7 Å². The second-order valence-electron chi connectivity index (χ2n) is 8.23. The molecule has 0 saturated heterocycles. The summed E-state index contributed by atoms with van der Waals surface area (Å²) in [5.74, 6) is 1.35. The van der Waals surface area contributed by atoms with Crippen LogP contribution in [0.4, 0.5) is 15.9 Å². The van der Waals surface area contributed by atoms with Crippen molar-refractivity contribution < 1.29 is 30.0 Å². The van der Waals surface area contributed by atoms with Gasteiger partial charge in [-0.15, -0.1) is 0 Å². The van der Waals surface area contributed by atoms with Crippen LogP contribution in [0, 0.1) is 5.82 Å². The zero-order valence-electron chi connectivity index (χ0n) is 21.8. The van der Waals surface area contributed by atoms with Crippen LogP contribution in [0.15, 0.2) is 54.7 Å². The number of aromatic nitrogens is 1. The SMILES string of the molecule is CCOc1cc(CN(O)c2ncc(-c3ccccc3F)cc2NC2CCC2)ccc1OC.CSC.O.O. The molecule has 2 aromatic carbocycles. The highest BCUT2D eigenvalue weighted by Gasteiger charge is 2.22. The van der Waals surface area contributed by atoms with Crippen LogP contribution < -0.4 is 19.9 Å². The number of methoxy groups -OCH3 is 1. The molecule has 8 nitrogen and oxygen atoms in total. The van der Waals surface area contributed by atoms with E-state index in [0.717, 1.165) is 23.5 Å². The molecule has 6 N–H and O–H groups in total. The molecule has 1 fully saturated rings. The Bertz CT molecular complexity index is 1100. The van der Waals surface area contributed by atoms with Gasteiger partial charge in [0.1, 0.15) is 5.82 Å². The molecule has 37 heavy (non-hydrogen) atoms. The number of rotatable bonds is 9. The molecule has 204 valence electrons. The van der Waals surface area contributed by atoms with Gasteiger partial charge >= 0.3 is 0 Å². The van der Waals surface area contributed by atoms with Gasteiger partial charge < -0.3 is 25.7 Å². The van der Waals surface area contributed by atoms with Crippen molar-refractivity contribution in [3.05, 3.63) is 66.1 Å². The van der Waals surface area contributed by atoms with Gasteiger partial charge in [0.25, 0.3) is 0 Å². The summed E-state index contributed by atoms with van der Waals surface area (Å²) in [6, 6.07) is 14.3. The monoisotopic (exact) mass is 535 g/mol. The summed E-state index contributed by atoms with van der Waals surface area (Å²) in [5.41, 5.74) is 2.65. The molecule has 0 spiro atoms. The fourth-order valence-electron chi connectivity index (χ4n) is 3.72. The van der Waals surface area contributed by atoms with Crippen molar-refractivity contribution in [2.75, 3.05) is 36.6 Å². The van der Waals surface area contributed by atoms with Gasteiger partial charge in [0, 0.05) is 23.4 Å². The standard InChI is InChI=1S/C25H28FN3O3.C2H6S.2H2O/c1-3-32-24-13-17(11-12-23(24)31-2)16-29(30)25-22(28-19-7-6-8-19)14-18(15-27-25)20-9-4-5-10-21(20)26;1-3-2;;/h4-5,9-15,19,28,30H,3,6-8,16H2,1-2H3;1-2H3;2*1H2. The van der Waals surface area contributed by atoms with Gasteiger partial charge in [-0.05, 0) is 68.5 Å². The van der Waals surface area contributed by atoms with Crippen LogP contribution in [-0.2, 0) is 6.54 Å². The third-order valence-electron chi connectivity index (χ3n) is 5.62. The Morgan fingerprint density at radius 2 is 1.81 bits per heavy atom. The highest BCUT2D eigenvalue weighted by molar-refractivity contribution is 7.97. The average Bonchev–Trinajstić information content (AvgIpc) is 2.82. The molecule has 1 saturated carbocycles. The topological polar surface area (TPSA) is 130 Å². The van der Waals surface area contributed by atoms with Crippen molar-refractivity contribution >= 4 is 23.3 Å². The Kier molecular flexibility index (Phi) is 13.8. The number of hydrogen-bond acceptors (Lipinski definition) is 7. The van der Waals surface area contributed by atoms with Crippen LogP contribution in [0.2, 0.25) is 0 Å². The maximum atomic E-state index is 14.3. The number of pyridine rings is 1. The molecule has 1 aromatic heterocycles. The fraction of sp³-hybridized carbons (Fsp3) is 0.370. The zero-order chi connectivity index (χ0) is 25.2. The molecule has 4 rings (SSSR count). The largest absolute Gasteiger partial charge is 0.493 e. The zero-order valence-corrected chi connectivity index (χ0v) is 22.6. The first-order valence-electron chi connectivity index (χ1n) is 11.7. The van der Waals surface area contributed by atoms with Gasteiger partial charge in [-0.25, -0.2) is 14.4 Å². The number of ether oxygens (including phenoxy) is 2. The van der Waals surface area contributed by atoms with Gasteiger partial charge in [-0.3, -0.25) is 5.21 Å². The van der Waals surface area contributed by atoms with E-state index in [1.807, 2.05) is 43.7 Å². The van der Waals surface area contributed by atoms with Crippen molar-refractivity contribution in [2.24, 2.45) is 0 Å². The molecule has 3 aromatic rings. The summed E-state index contributed by atoms with van der Waals surface area (Å²) in [6.45, 7) is 2.62. The number of anilines is 2. The lowest BCUT2D eigenvalue weighted by Crippen LogP contribution is -2.29. The number of nitrogens with zero attached hydrogens (tertiary/aromatic N) is 2. The van der Waals surface area contributed by atoms with E-state index in [0.29, 0.717) is 46.8 Å². The third-order valence-corrected chi connectivity index (χ3v) is 5.62. The van der Waals surface area contributed by atoms with E-state index in [1.54, 1.807) is 43.3 Å². The van der Waals surface area contributed by atoms with Crippen molar-refractivity contribution in [2.45, 2.75) is 38.8 Å². The molecule has 0 unspecified atom stereocenters. The minimum Gasteiger partial charge on any atom is -0.493 e. The number of hydrogen-bond donors (Lipinski definition) is 2. The van der Waals surface area contributed by atoms with Crippen molar-refractivity contribution in [3.63, 3.8) is 0 Å². The molecule has 1 heterocycles. The minimum absolute atomic E-state index is 0. The van der Waals surface area contributed by atoms with Gasteiger partial charge in [-0.2, -0.15) is 11.8 Å². The highest BCUT2D eigenvalue weighted by Crippen LogP contribution is 2.34. The first-order chi connectivity index (χ1) is 17.0. The molecular weight excluding hydrogens is 497 g/mol. The number of benzene rings is 2. The molecule has 0 amide bonds. The summed E-state index contributed by atoms with van der Waals surface area (Å²) in [5, 5.41) is 15.5. The molecule has 10 heteroatoms. The summed E-state index contributed by atoms with van der Waals surface area (Å²) in [7, 11) is 1.59. The van der Waals surface area contributed by atoms with Crippen LogP contribution in [0.3, 0.4) is 0 Å². The van der Waals surface area contributed by atoms with Gasteiger partial charge in [-0.1, -0.05) is 24.3 Å². The Morgan fingerprint density at radius 1 is 1.11 bits per heavy atom. The summed E-state index contributed by atoms with van der Waals surface area (Å²) in [6.07, 6.45) is 8.96. The van der Waals surface area contributed by atoms with E-state index in [4.69, 9.17) is 9.47 Å². The number of halogens is 1. The maximum absolute atomic E-state index is 14.3. The first kappa shape index (κ1) is 32.0. The average molecular weight is 536 g/mol. The second-order valence-corrected chi connectivity index (χ2v) is 9.05. The molecular formula is C27H38FN3O5S. The number of nitrogens with one attached hydrogen (secondary N) is 1. The lowest BCUT2D eigenvalue weighted by Gasteiger charge is -2.30. The van der Waals surface area contributed by atoms with Crippen molar-refractivity contribution in [1.82, 2.24) is 4.98 Å². The Hall–Kier alpha value is -3.05. The van der Waals surface area contributed by atoms with E-state index in [2.05, 4.69) is 10.3 Å². The van der Waals surface area contributed by atoms with Crippen LogP contribution in [-0.4, -0.2) is 53.4 Å². The smallest absolute Gasteiger partial charge is 0.176 e. The normalized spacial score (nSPS) is 12.1. The Morgan fingerprint density at radius 3 is 2.41 bits per heavy atom. The first-order valence-corrected chi connectivity index (χ1v) is 13.3. The van der Waals surface area contributed by atoms with Crippen LogP contribution >= 0.6 is 11.8 Å². The molecule has 0 radical (unpaired) electrons. The van der Waals surface area contributed by atoms with Gasteiger partial charge in [0.2, 0.25) is 0 Å². The lowest BCUT2D eigenvalue weighted by atomic mass is 9.93. The van der Waals surface area contributed by atoms with E-state index < -0.39 is 0 Å². The number of hydroxylamine groups is 1. The third kappa shape index (κ3) is 8.50. The molecule has 1 aliphatic carbocycles. The van der Waals surface area contributed by atoms with E-state index in [1.165, 1.54) is 12.5 Å². The van der Waals surface area contributed by atoms with Crippen molar-refractivity contribution in [1.29, 1.82) is 0 Å². The van der Waals surface area contributed by atoms with Crippen LogP contribution in [0.5, 0.6) is 11.5 Å². The van der Waals surface area contributed by atoms with E-state index >= 15 is 0 Å². The molecule has 1 aliphatic rings. The predicted molar refractivity (Wildman–Crippen MR) is 150 cm³/mol. The second kappa shape index (κ2) is 15.9.